The summed E-state index contributed by atoms with van der Waals surface area (Å²) >= 11 is 6.15. The third-order valence-corrected chi connectivity index (χ3v) is 5.15. The smallest absolute Gasteiger partial charge is 0.255 e. The number of anilines is 1. The Morgan fingerprint density at radius 2 is 1.86 bits per heavy atom. The van der Waals surface area contributed by atoms with Crippen molar-refractivity contribution in [3.8, 4) is 0 Å². The van der Waals surface area contributed by atoms with Gasteiger partial charge in [-0.05, 0) is 62.9 Å². The van der Waals surface area contributed by atoms with Crippen LogP contribution >= 0.6 is 11.6 Å². The van der Waals surface area contributed by atoms with Gasteiger partial charge in [-0.25, -0.2) is 0 Å². The lowest BCUT2D eigenvalue weighted by atomic mass is 9.95. The first-order chi connectivity index (χ1) is 10.6. The average Bonchev–Trinajstić information content (AvgIpc) is 3.00. The van der Waals surface area contributed by atoms with Crippen LogP contribution in [0, 0.1) is 5.92 Å². The lowest BCUT2D eigenvalue weighted by Crippen LogP contribution is -2.41. The van der Waals surface area contributed by atoms with Crippen LogP contribution < -0.4 is 5.73 Å². The molecule has 0 saturated carbocycles. The molecule has 2 N–H and O–H groups in total. The first-order valence-electron chi connectivity index (χ1n) is 8.20. The Bertz CT molecular complexity index is 535. The molecule has 2 aliphatic rings. The molecule has 3 rings (SSSR count). The Labute approximate surface area is 137 Å². The van der Waals surface area contributed by atoms with Crippen molar-refractivity contribution >= 4 is 23.2 Å². The Morgan fingerprint density at radius 1 is 1.18 bits per heavy atom. The highest BCUT2D eigenvalue weighted by atomic mass is 35.5. The molecule has 4 nitrogen and oxygen atoms in total. The maximum atomic E-state index is 12.6. The molecule has 0 bridgehead atoms. The van der Waals surface area contributed by atoms with E-state index in [0.717, 1.165) is 31.8 Å². The normalized spacial score (nSPS) is 20.5. The van der Waals surface area contributed by atoms with Crippen molar-refractivity contribution in [2.75, 3.05) is 38.5 Å². The average molecular weight is 322 g/mol. The quantitative estimate of drug-likeness (QED) is 0.871. The van der Waals surface area contributed by atoms with Crippen LogP contribution in [0.15, 0.2) is 18.2 Å². The molecule has 2 saturated heterocycles. The topological polar surface area (TPSA) is 49.6 Å². The number of carbonyl (C=O) groups excluding carboxylic acids is 1. The van der Waals surface area contributed by atoms with E-state index >= 15 is 0 Å². The highest BCUT2D eigenvalue weighted by Gasteiger charge is 2.26. The summed E-state index contributed by atoms with van der Waals surface area (Å²) in [6, 6.07) is 5.12. The Hall–Kier alpha value is -1.26. The van der Waals surface area contributed by atoms with Crippen molar-refractivity contribution in [1.29, 1.82) is 0 Å². The van der Waals surface area contributed by atoms with E-state index in [9.17, 15) is 4.79 Å². The standard InChI is InChI=1S/C17H24ClN3O/c18-16-11-14(19)3-4-15(16)17(22)21-9-5-13(6-10-21)12-20-7-1-2-8-20/h3-4,11,13H,1-2,5-10,12,19H2. The van der Waals surface area contributed by atoms with E-state index in [1.807, 2.05) is 4.90 Å². The third-order valence-electron chi connectivity index (χ3n) is 4.84. The van der Waals surface area contributed by atoms with Gasteiger partial charge in [0.15, 0.2) is 0 Å². The van der Waals surface area contributed by atoms with Gasteiger partial charge in [0.2, 0.25) is 0 Å². The molecule has 120 valence electrons. The van der Waals surface area contributed by atoms with Gasteiger partial charge >= 0.3 is 0 Å². The second-order valence-corrected chi connectivity index (χ2v) is 6.89. The number of nitrogens with zero attached hydrogens (tertiary/aromatic N) is 2. The summed E-state index contributed by atoms with van der Waals surface area (Å²) in [4.78, 5) is 17.1. The molecule has 5 heteroatoms. The SMILES string of the molecule is Nc1ccc(C(=O)N2CCC(CN3CCCC3)CC2)c(Cl)c1. The van der Waals surface area contributed by atoms with Gasteiger partial charge in [-0.15, -0.1) is 0 Å². The zero-order valence-electron chi connectivity index (χ0n) is 12.9. The lowest BCUT2D eigenvalue weighted by molar-refractivity contribution is 0.0673. The number of piperidine rings is 1. The number of nitrogen functional groups attached to an aromatic ring is 1. The summed E-state index contributed by atoms with van der Waals surface area (Å²) in [6.45, 7) is 5.36. The van der Waals surface area contributed by atoms with E-state index in [1.165, 1.54) is 32.5 Å². The highest BCUT2D eigenvalue weighted by molar-refractivity contribution is 6.34. The number of hydrogen-bond donors (Lipinski definition) is 1. The van der Waals surface area contributed by atoms with E-state index in [4.69, 9.17) is 17.3 Å². The predicted octanol–water partition coefficient (Wildman–Crippen LogP) is 2.87. The first kappa shape index (κ1) is 15.6. The fourth-order valence-corrected chi connectivity index (χ4v) is 3.79. The summed E-state index contributed by atoms with van der Waals surface area (Å²) < 4.78 is 0. The van der Waals surface area contributed by atoms with E-state index < -0.39 is 0 Å². The first-order valence-corrected chi connectivity index (χ1v) is 8.58. The molecule has 2 fully saturated rings. The van der Waals surface area contributed by atoms with Crippen LogP contribution in [-0.4, -0.2) is 48.4 Å². The van der Waals surface area contributed by atoms with Gasteiger partial charge < -0.3 is 15.5 Å². The van der Waals surface area contributed by atoms with E-state index in [2.05, 4.69) is 4.90 Å². The van der Waals surface area contributed by atoms with Gasteiger partial charge in [0.1, 0.15) is 0 Å². The second kappa shape index (κ2) is 6.88. The van der Waals surface area contributed by atoms with Crippen molar-refractivity contribution in [2.45, 2.75) is 25.7 Å². The van der Waals surface area contributed by atoms with Crippen molar-refractivity contribution < 1.29 is 4.79 Å². The molecule has 0 radical (unpaired) electrons. The number of halogens is 1. The Balaban J connectivity index is 1.55. The molecule has 0 aliphatic carbocycles. The van der Waals surface area contributed by atoms with E-state index in [0.29, 0.717) is 16.3 Å². The van der Waals surface area contributed by atoms with Crippen LogP contribution in [0.25, 0.3) is 0 Å². The fourth-order valence-electron chi connectivity index (χ4n) is 3.52. The minimum Gasteiger partial charge on any atom is -0.399 e. The van der Waals surface area contributed by atoms with Crippen LogP contribution in [0.1, 0.15) is 36.0 Å². The van der Waals surface area contributed by atoms with Crippen LogP contribution in [0.3, 0.4) is 0 Å². The summed E-state index contributed by atoms with van der Waals surface area (Å²) in [5, 5.41) is 0.448. The summed E-state index contributed by atoms with van der Waals surface area (Å²) in [5.74, 6) is 0.758. The second-order valence-electron chi connectivity index (χ2n) is 6.48. The molecule has 0 atom stereocenters. The number of benzene rings is 1. The van der Waals surface area contributed by atoms with E-state index in [1.54, 1.807) is 18.2 Å². The third kappa shape index (κ3) is 3.55. The van der Waals surface area contributed by atoms with Crippen molar-refractivity contribution in [3.63, 3.8) is 0 Å². The zero-order valence-corrected chi connectivity index (χ0v) is 13.7. The predicted molar refractivity (Wildman–Crippen MR) is 90.2 cm³/mol. The summed E-state index contributed by atoms with van der Waals surface area (Å²) in [7, 11) is 0. The fraction of sp³-hybridized carbons (Fsp3) is 0.588. The van der Waals surface area contributed by atoms with Gasteiger partial charge in [-0.2, -0.15) is 0 Å². The van der Waals surface area contributed by atoms with Gasteiger partial charge in [0.05, 0.1) is 10.6 Å². The number of rotatable bonds is 3. The molecule has 2 aliphatic heterocycles. The van der Waals surface area contributed by atoms with Crippen LogP contribution in [-0.2, 0) is 0 Å². The Morgan fingerprint density at radius 3 is 2.50 bits per heavy atom. The van der Waals surface area contributed by atoms with Gasteiger partial charge in [-0.3, -0.25) is 4.79 Å². The molecule has 0 spiro atoms. The maximum absolute atomic E-state index is 12.6. The molecule has 2 heterocycles. The largest absolute Gasteiger partial charge is 0.399 e. The number of carbonyl (C=O) groups is 1. The molecule has 1 aromatic rings. The minimum atomic E-state index is 0.0321. The summed E-state index contributed by atoms with van der Waals surface area (Å²) in [6.07, 6.45) is 4.86. The molecule has 0 unspecified atom stereocenters. The van der Waals surface area contributed by atoms with Crippen LogP contribution in [0.2, 0.25) is 5.02 Å². The number of nitrogens with two attached hydrogens (primary N) is 1. The summed E-state index contributed by atoms with van der Waals surface area (Å²) in [5.41, 5.74) is 6.84. The zero-order chi connectivity index (χ0) is 15.5. The molecule has 1 aromatic carbocycles. The van der Waals surface area contributed by atoms with Gasteiger partial charge in [0.25, 0.3) is 5.91 Å². The number of likely N-dealkylation sites (tertiary alicyclic amines) is 2. The maximum Gasteiger partial charge on any atom is 0.255 e. The van der Waals surface area contributed by atoms with E-state index in [-0.39, 0.29) is 5.91 Å². The van der Waals surface area contributed by atoms with Crippen molar-refractivity contribution in [2.24, 2.45) is 5.92 Å². The van der Waals surface area contributed by atoms with Crippen LogP contribution in [0.5, 0.6) is 0 Å². The number of hydrogen-bond acceptors (Lipinski definition) is 3. The minimum absolute atomic E-state index is 0.0321. The van der Waals surface area contributed by atoms with Gasteiger partial charge in [-0.1, -0.05) is 11.6 Å². The lowest BCUT2D eigenvalue weighted by Gasteiger charge is -2.34. The molecule has 1 amide bonds. The molecule has 22 heavy (non-hydrogen) atoms. The molecular formula is C17H24ClN3O. The molecule has 0 aromatic heterocycles. The highest BCUT2D eigenvalue weighted by Crippen LogP contribution is 2.25. The number of amides is 1. The van der Waals surface area contributed by atoms with Gasteiger partial charge in [0, 0.05) is 25.3 Å². The van der Waals surface area contributed by atoms with Crippen molar-refractivity contribution in [1.82, 2.24) is 9.80 Å². The van der Waals surface area contributed by atoms with Crippen LogP contribution in [0.4, 0.5) is 5.69 Å². The molecular weight excluding hydrogens is 298 g/mol. The van der Waals surface area contributed by atoms with Crippen molar-refractivity contribution in [3.05, 3.63) is 28.8 Å². The monoisotopic (exact) mass is 321 g/mol. The Kier molecular flexibility index (Phi) is 4.89.